The van der Waals surface area contributed by atoms with Gasteiger partial charge in [0, 0.05) is 11.1 Å². The van der Waals surface area contributed by atoms with E-state index in [1.807, 2.05) is 49.4 Å². The smallest absolute Gasteiger partial charge is 0.151 e. The van der Waals surface area contributed by atoms with Crippen LogP contribution in [0.4, 0.5) is 4.39 Å². The van der Waals surface area contributed by atoms with Gasteiger partial charge >= 0.3 is 0 Å². The highest BCUT2D eigenvalue weighted by Gasteiger charge is 2.21. The number of benzene rings is 1. The van der Waals surface area contributed by atoms with Gasteiger partial charge < -0.3 is 5.11 Å². The molecule has 0 radical (unpaired) electrons. The van der Waals surface area contributed by atoms with Gasteiger partial charge in [0.2, 0.25) is 0 Å². The molecule has 2 aromatic rings. The Morgan fingerprint density at radius 2 is 1.74 bits per heavy atom. The molecule has 0 saturated heterocycles. The van der Waals surface area contributed by atoms with E-state index in [2.05, 4.69) is 4.98 Å². The number of aromatic hydroxyl groups is 1. The Labute approximate surface area is 125 Å². The zero-order valence-corrected chi connectivity index (χ0v) is 13.2. The summed E-state index contributed by atoms with van der Waals surface area (Å²) >= 11 is 2.01. The molecule has 100 valence electrons. The number of hydrogen-bond donors (Lipinski definition) is 1. The van der Waals surface area contributed by atoms with Gasteiger partial charge in [-0.15, -0.1) is 0 Å². The van der Waals surface area contributed by atoms with Crippen molar-refractivity contribution < 1.29 is 9.50 Å². The molecule has 1 N–H and O–H groups in total. The standard InChI is InChI=1S/C15H15FINO/c1-15(2,3)11-8-12(18-14(17)13(11)19)9-4-6-10(16)7-5-9/h4-8,19H,1-3H3. The summed E-state index contributed by atoms with van der Waals surface area (Å²) in [5, 5.41) is 10.1. The average Bonchev–Trinajstić information content (AvgIpc) is 2.32. The van der Waals surface area contributed by atoms with Gasteiger partial charge in [-0.3, -0.25) is 0 Å². The van der Waals surface area contributed by atoms with Crippen molar-refractivity contribution >= 4 is 22.6 Å². The molecular weight excluding hydrogens is 356 g/mol. The van der Waals surface area contributed by atoms with Crippen LogP contribution in [0.25, 0.3) is 11.3 Å². The quantitative estimate of drug-likeness (QED) is 0.592. The Morgan fingerprint density at radius 3 is 2.26 bits per heavy atom. The maximum atomic E-state index is 13.0. The third kappa shape index (κ3) is 3.05. The van der Waals surface area contributed by atoms with Crippen molar-refractivity contribution in [2.45, 2.75) is 26.2 Å². The molecule has 2 rings (SSSR count). The van der Waals surface area contributed by atoms with Crippen LogP contribution in [-0.2, 0) is 5.41 Å². The predicted octanol–water partition coefficient (Wildman–Crippen LogP) is 4.50. The third-order valence-corrected chi connectivity index (χ3v) is 3.65. The molecule has 0 fully saturated rings. The number of pyridine rings is 1. The Kier molecular flexibility index (Phi) is 3.80. The molecule has 19 heavy (non-hydrogen) atoms. The van der Waals surface area contributed by atoms with Crippen molar-refractivity contribution in [1.29, 1.82) is 0 Å². The van der Waals surface area contributed by atoms with Crippen LogP contribution in [0.3, 0.4) is 0 Å². The van der Waals surface area contributed by atoms with E-state index in [0.29, 0.717) is 3.70 Å². The van der Waals surface area contributed by atoms with Gasteiger partial charge in [0.25, 0.3) is 0 Å². The van der Waals surface area contributed by atoms with Crippen LogP contribution in [0.15, 0.2) is 30.3 Å². The van der Waals surface area contributed by atoms with Crippen LogP contribution in [0.5, 0.6) is 5.75 Å². The normalized spacial score (nSPS) is 11.6. The minimum absolute atomic E-state index is 0.179. The summed E-state index contributed by atoms with van der Waals surface area (Å²) in [6.45, 7) is 6.10. The lowest BCUT2D eigenvalue weighted by Gasteiger charge is -2.21. The molecule has 0 amide bonds. The van der Waals surface area contributed by atoms with Gasteiger partial charge in [-0.1, -0.05) is 20.8 Å². The molecule has 4 heteroatoms. The number of hydrogen-bond acceptors (Lipinski definition) is 2. The van der Waals surface area contributed by atoms with Crippen LogP contribution in [0.2, 0.25) is 0 Å². The number of rotatable bonds is 1. The minimum Gasteiger partial charge on any atom is -0.505 e. The van der Waals surface area contributed by atoms with Gasteiger partial charge in [-0.05, 0) is 58.3 Å². The van der Waals surface area contributed by atoms with Crippen molar-refractivity contribution in [3.63, 3.8) is 0 Å². The first-order chi connectivity index (χ1) is 8.79. The molecule has 0 spiro atoms. The van der Waals surface area contributed by atoms with E-state index < -0.39 is 0 Å². The van der Waals surface area contributed by atoms with Crippen molar-refractivity contribution in [3.05, 3.63) is 45.4 Å². The minimum atomic E-state index is -0.270. The summed E-state index contributed by atoms with van der Waals surface area (Å²) < 4.78 is 13.5. The fourth-order valence-corrected chi connectivity index (χ4v) is 2.40. The van der Waals surface area contributed by atoms with Crippen molar-refractivity contribution in [1.82, 2.24) is 4.98 Å². The monoisotopic (exact) mass is 371 g/mol. The summed E-state index contributed by atoms with van der Waals surface area (Å²) in [6.07, 6.45) is 0. The summed E-state index contributed by atoms with van der Waals surface area (Å²) in [5.74, 6) is -0.0489. The summed E-state index contributed by atoms with van der Waals surface area (Å²) in [7, 11) is 0. The first kappa shape index (κ1) is 14.2. The molecule has 1 heterocycles. The summed E-state index contributed by atoms with van der Waals surface area (Å²) in [5.41, 5.74) is 2.24. The zero-order chi connectivity index (χ0) is 14.2. The van der Waals surface area contributed by atoms with Gasteiger partial charge in [0.1, 0.15) is 9.52 Å². The van der Waals surface area contributed by atoms with Gasteiger partial charge in [-0.2, -0.15) is 0 Å². The van der Waals surface area contributed by atoms with E-state index in [1.54, 1.807) is 12.1 Å². The largest absolute Gasteiger partial charge is 0.505 e. The van der Waals surface area contributed by atoms with E-state index >= 15 is 0 Å². The topological polar surface area (TPSA) is 33.1 Å². The number of halogens is 2. The van der Waals surface area contributed by atoms with Gasteiger partial charge in [0.15, 0.2) is 5.75 Å². The first-order valence-corrected chi connectivity index (χ1v) is 7.03. The second-order valence-corrected chi connectivity index (χ2v) is 6.47. The molecule has 0 aliphatic carbocycles. The Balaban J connectivity index is 2.60. The van der Waals surface area contributed by atoms with Crippen molar-refractivity contribution in [3.8, 4) is 17.0 Å². The van der Waals surface area contributed by atoms with Crippen LogP contribution >= 0.6 is 22.6 Å². The predicted molar refractivity (Wildman–Crippen MR) is 82.7 cm³/mol. The zero-order valence-electron chi connectivity index (χ0n) is 11.0. The Hall–Kier alpha value is -1.17. The fraction of sp³-hybridized carbons (Fsp3) is 0.267. The van der Waals surface area contributed by atoms with Gasteiger partial charge in [0.05, 0.1) is 5.69 Å². The fourth-order valence-electron chi connectivity index (χ4n) is 1.85. The average molecular weight is 371 g/mol. The SMILES string of the molecule is CC(C)(C)c1cc(-c2ccc(F)cc2)nc(I)c1O. The molecule has 0 atom stereocenters. The van der Waals surface area contributed by atoms with Gasteiger partial charge in [-0.25, -0.2) is 9.37 Å². The summed E-state index contributed by atoms with van der Waals surface area (Å²) in [4.78, 5) is 4.36. The second kappa shape index (κ2) is 5.07. The molecule has 0 aliphatic rings. The molecule has 0 bridgehead atoms. The third-order valence-electron chi connectivity index (χ3n) is 2.90. The Morgan fingerprint density at radius 1 is 1.16 bits per heavy atom. The maximum Gasteiger partial charge on any atom is 0.151 e. The molecular formula is C15H15FINO. The Bertz CT molecular complexity index is 603. The highest BCUT2D eigenvalue weighted by Crippen LogP contribution is 2.35. The lowest BCUT2D eigenvalue weighted by Crippen LogP contribution is -2.12. The van der Waals surface area contributed by atoms with E-state index in [0.717, 1.165) is 16.8 Å². The van der Waals surface area contributed by atoms with E-state index in [9.17, 15) is 9.50 Å². The molecule has 0 unspecified atom stereocenters. The summed E-state index contributed by atoms with van der Waals surface area (Å²) in [6, 6.07) is 8.07. The van der Waals surface area contributed by atoms with Crippen LogP contribution in [0, 0.1) is 9.52 Å². The van der Waals surface area contributed by atoms with Crippen LogP contribution < -0.4 is 0 Å². The van der Waals surface area contributed by atoms with Crippen molar-refractivity contribution in [2.24, 2.45) is 0 Å². The van der Waals surface area contributed by atoms with E-state index in [1.165, 1.54) is 12.1 Å². The molecule has 0 saturated carbocycles. The van der Waals surface area contributed by atoms with E-state index in [4.69, 9.17) is 0 Å². The van der Waals surface area contributed by atoms with Crippen LogP contribution in [-0.4, -0.2) is 10.1 Å². The first-order valence-electron chi connectivity index (χ1n) is 5.95. The highest BCUT2D eigenvalue weighted by atomic mass is 127. The van der Waals surface area contributed by atoms with Crippen molar-refractivity contribution in [2.75, 3.05) is 0 Å². The second-order valence-electron chi connectivity index (χ2n) is 5.45. The lowest BCUT2D eigenvalue weighted by molar-refractivity contribution is 0.440. The highest BCUT2D eigenvalue weighted by molar-refractivity contribution is 14.1. The molecule has 0 aliphatic heterocycles. The van der Waals surface area contributed by atoms with E-state index in [-0.39, 0.29) is 17.0 Å². The van der Waals surface area contributed by atoms with Crippen LogP contribution in [0.1, 0.15) is 26.3 Å². The maximum absolute atomic E-state index is 13.0. The number of aromatic nitrogens is 1. The lowest BCUT2D eigenvalue weighted by atomic mass is 9.86. The molecule has 1 aromatic heterocycles. The number of nitrogens with zero attached hydrogens (tertiary/aromatic N) is 1. The molecule has 1 aromatic carbocycles. The molecule has 2 nitrogen and oxygen atoms in total.